The molecule has 0 unspecified atom stereocenters. The number of methoxy groups -OCH3 is 2. The van der Waals surface area contributed by atoms with Gasteiger partial charge in [0, 0.05) is 39.7 Å². The first-order valence-electron chi connectivity index (χ1n) is 8.15. The SMILES string of the molecule is CCC(/C=C(\CC)NCCCOC)=C(\C#N)C=O.CCCOC. The van der Waals surface area contributed by atoms with Crippen molar-refractivity contribution in [3.8, 4) is 6.07 Å². The van der Waals surface area contributed by atoms with Crippen molar-refractivity contribution in [1.29, 1.82) is 5.26 Å². The zero-order valence-corrected chi connectivity index (χ0v) is 15.3. The fourth-order valence-electron chi connectivity index (χ4n) is 1.70. The van der Waals surface area contributed by atoms with Gasteiger partial charge in [0.05, 0.1) is 5.57 Å². The van der Waals surface area contributed by atoms with Crippen molar-refractivity contribution < 1.29 is 14.3 Å². The summed E-state index contributed by atoms with van der Waals surface area (Å²) in [6.45, 7) is 8.50. The van der Waals surface area contributed by atoms with Gasteiger partial charge in [-0.15, -0.1) is 0 Å². The number of hydrogen-bond acceptors (Lipinski definition) is 5. The van der Waals surface area contributed by atoms with Crippen LogP contribution in [0.3, 0.4) is 0 Å². The summed E-state index contributed by atoms with van der Waals surface area (Å²) in [4.78, 5) is 10.8. The molecule has 1 N–H and O–H groups in total. The Kier molecular flexibility index (Phi) is 18.9. The number of nitrogens with one attached hydrogen (secondary N) is 1. The lowest BCUT2D eigenvalue weighted by molar-refractivity contribution is -0.104. The normalized spacial score (nSPS) is 11.7. The lowest BCUT2D eigenvalue weighted by atomic mass is 10.1. The fraction of sp³-hybridized carbons (Fsp3) is 0.667. The lowest BCUT2D eigenvalue weighted by Crippen LogP contribution is -2.16. The number of nitrogens with zero attached hydrogens (tertiary/aromatic N) is 1. The Bertz CT molecular complexity index is 394. The largest absolute Gasteiger partial charge is 0.388 e. The Hall–Kier alpha value is -1.64. The Morgan fingerprint density at radius 2 is 1.78 bits per heavy atom. The van der Waals surface area contributed by atoms with Crippen molar-refractivity contribution in [2.24, 2.45) is 0 Å². The number of aldehydes is 1. The molecule has 0 bridgehead atoms. The van der Waals surface area contributed by atoms with Crippen LogP contribution in [0.15, 0.2) is 22.9 Å². The highest BCUT2D eigenvalue weighted by Gasteiger charge is 2.03. The standard InChI is InChI=1S/C14H22N2O2.C4H10O/c1-4-12(13(10-15)11-17)9-14(5-2)16-7-6-8-18-3;1-3-4-5-2/h9,11,16H,4-8H2,1-3H3;3-4H2,1-2H3/b13-12-,14-9+;. The minimum atomic E-state index is 0.210. The third-order valence-corrected chi connectivity index (χ3v) is 2.98. The van der Waals surface area contributed by atoms with Gasteiger partial charge in [-0.3, -0.25) is 4.79 Å². The number of allylic oxidation sites excluding steroid dienone is 4. The van der Waals surface area contributed by atoms with E-state index in [1.54, 1.807) is 14.2 Å². The molecule has 0 aliphatic rings. The van der Waals surface area contributed by atoms with E-state index >= 15 is 0 Å². The van der Waals surface area contributed by atoms with Gasteiger partial charge < -0.3 is 14.8 Å². The van der Waals surface area contributed by atoms with Crippen molar-refractivity contribution in [2.45, 2.75) is 46.5 Å². The Labute approximate surface area is 141 Å². The number of carbonyl (C=O) groups excluding carboxylic acids is 1. The van der Waals surface area contributed by atoms with Gasteiger partial charge in [-0.05, 0) is 37.3 Å². The Morgan fingerprint density at radius 3 is 2.13 bits per heavy atom. The van der Waals surface area contributed by atoms with Crippen LogP contribution in [-0.2, 0) is 14.3 Å². The predicted molar refractivity (Wildman–Crippen MR) is 94.0 cm³/mol. The molecule has 0 rings (SSSR count). The molecule has 5 heteroatoms. The summed E-state index contributed by atoms with van der Waals surface area (Å²) in [5.74, 6) is 0. The topological polar surface area (TPSA) is 71.3 Å². The second-order valence-corrected chi connectivity index (χ2v) is 4.81. The molecule has 0 aromatic rings. The van der Waals surface area contributed by atoms with Gasteiger partial charge in [0.2, 0.25) is 0 Å². The zero-order chi connectivity index (χ0) is 17.9. The second-order valence-electron chi connectivity index (χ2n) is 4.81. The van der Waals surface area contributed by atoms with Crippen LogP contribution in [0, 0.1) is 11.3 Å². The molecule has 0 heterocycles. The van der Waals surface area contributed by atoms with E-state index in [4.69, 9.17) is 14.7 Å². The number of rotatable bonds is 11. The van der Waals surface area contributed by atoms with E-state index < -0.39 is 0 Å². The predicted octanol–water partition coefficient (Wildman–Crippen LogP) is 3.38. The Morgan fingerprint density at radius 1 is 1.13 bits per heavy atom. The molecule has 0 aliphatic carbocycles. The van der Waals surface area contributed by atoms with Crippen molar-refractivity contribution in [2.75, 3.05) is 34.0 Å². The highest BCUT2D eigenvalue weighted by Crippen LogP contribution is 2.12. The zero-order valence-electron chi connectivity index (χ0n) is 15.3. The molecule has 0 saturated heterocycles. The molecule has 0 radical (unpaired) electrons. The van der Waals surface area contributed by atoms with E-state index in [0.717, 1.165) is 50.3 Å². The molecular weight excluding hydrogens is 292 g/mol. The first-order chi connectivity index (χ1) is 11.1. The average molecular weight is 324 g/mol. The molecule has 0 amide bonds. The summed E-state index contributed by atoms with van der Waals surface area (Å²) >= 11 is 0. The highest BCUT2D eigenvalue weighted by molar-refractivity contribution is 5.81. The third-order valence-electron chi connectivity index (χ3n) is 2.98. The molecule has 23 heavy (non-hydrogen) atoms. The van der Waals surface area contributed by atoms with Crippen LogP contribution in [0.2, 0.25) is 0 Å². The maximum absolute atomic E-state index is 10.8. The van der Waals surface area contributed by atoms with Crippen molar-refractivity contribution in [3.05, 3.63) is 22.9 Å². The summed E-state index contributed by atoms with van der Waals surface area (Å²) in [5.41, 5.74) is 2.03. The molecular formula is C18H32N2O3. The number of carbonyl (C=O) groups is 1. The lowest BCUT2D eigenvalue weighted by Gasteiger charge is -2.10. The van der Waals surface area contributed by atoms with Crippen molar-refractivity contribution >= 4 is 6.29 Å². The maximum Gasteiger partial charge on any atom is 0.160 e. The fourth-order valence-corrected chi connectivity index (χ4v) is 1.70. The summed E-state index contributed by atoms with van der Waals surface area (Å²) in [6, 6.07) is 1.93. The van der Waals surface area contributed by atoms with Crippen molar-refractivity contribution in [1.82, 2.24) is 5.32 Å². The van der Waals surface area contributed by atoms with Crippen LogP contribution >= 0.6 is 0 Å². The van der Waals surface area contributed by atoms with E-state index in [2.05, 4.69) is 12.2 Å². The van der Waals surface area contributed by atoms with E-state index in [1.165, 1.54) is 0 Å². The number of nitriles is 1. The first kappa shape index (κ1) is 23.6. The highest BCUT2D eigenvalue weighted by atomic mass is 16.5. The van der Waals surface area contributed by atoms with Crippen LogP contribution in [0.1, 0.15) is 46.5 Å². The Balaban J connectivity index is 0. The molecule has 5 nitrogen and oxygen atoms in total. The monoisotopic (exact) mass is 324 g/mol. The molecule has 0 atom stereocenters. The van der Waals surface area contributed by atoms with E-state index in [9.17, 15) is 4.79 Å². The summed E-state index contributed by atoms with van der Waals surface area (Å²) in [6.07, 6.45) is 6.08. The van der Waals surface area contributed by atoms with Gasteiger partial charge in [0.15, 0.2) is 6.29 Å². The summed E-state index contributed by atoms with van der Waals surface area (Å²) < 4.78 is 9.67. The molecule has 0 aromatic carbocycles. The first-order valence-corrected chi connectivity index (χ1v) is 8.15. The van der Waals surface area contributed by atoms with E-state index in [-0.39, 0.29) is 5.57 Å². The summed E-state index contributed by atoms with van der Waals surface area (Å²) in [5, 5.41) is 12.1. The quantitative estimate of drug-likeness (QED) is 0.207. The van der Waals surface area contributed by atoms with Crippen LogP contribution in [-0.4, -0.2) is 40.3 Å². The van der Waals surface area contributed by atoms with Crippen LogP contribution in [0.4, 0.5) is 0 Å². The van der Waals surface area contributed by atoms with Gasteiger partial charge >= 0.3 is 0 Å². The maximum atomic E-state index is 10.8. The molecule has 0 aliphatic heterocycles. The minimum Gasteiger partial charge on any atom is -0.388 e. The minimum absolute atomic E-state index is 0.210. The molecule has 0 saturated carbocycles. The second kappa shape index (κ2) is 18.4. The van der Waals surface area contributed by atoms with Gasteiger partial charge in [0.1, 0.15) is 6.07 Å². The third kappa shape index (κ3) is 13.7. The smallest absolute Gasteiger partial charge is 0.160 e. The van der Waals surface area contributed by atoms with Crippen molar-refractivity contribution in [3.63, 3.8) is 0 Å². The van der Waals surface area contributed by atoms with Gasteiger partial charge in [-0.25, -0.2) is 0 Å². The molecule has 0 fully saturated rings. The van der Waals surface area contributed by atoms with Crippen LogP contribution in [0.5, 0.6) is 0 Å². The summed E-state index contributed by atoms with van der Waals surface area (Å²) in [7, 11) is 3.39. The average Bonchev–Trinajstić information content (AvgIpc) is 2.58. The van der Waals surface area contributed by atoms with E-state index in [1.807, 2.05) is 26.0 Å². The van der Waals surface area contributed by atoms with Gasteiger partial charge in [0.25, 0.3) is 0 Å². The van der Waals surface area contributed by atoms with Gasteiger partial charge in [-0.2, -0.15) is 5.26 Å². The molecule has 132 valence electrons. The van der Waals surface area contributed by atoms with Gasteiger partial charge in [-0.1, -0.05) is 20.8 Å². The molecule has 0 aromatic heterocycles. The molecule has 0 spiro atoms. The van der Waals surface area contributed by atoms with Crippen LogP contribution < -0.4 is 5.32 Å². The number of hydrogen-bond donors (Lipinski definition) is 1. The number of ether oxygens (including phenoxy) is 2. The van der Waals surface area contributed by atoms with Crippen LogP contribution in [0.25, 0.3) is 0 Å². The van der Waals surface area contributed by atoms with E-state index in [0.29, 0.717) is 12.7 Å².